The van der Waals surface area contributed by atoms with Gasteiger partial charge in [-0.3, -0.25) is 9.59 Å². The van der Waals surface area contributed by atoms with Gasteiger partial charge >= 0.3 is 0 Å². The molecule has 0 aliphatic rings. The maximum Gasteiger partial charge on any atom is 0.268 e. The Morgan fingerprint density at radius 2 is 1.69 bits per heavy atom. The summed E-state index contributed by atoms with van der Waals surface area (Å²) in [6.07, 6.45) is 5.29. The standard InChI is InChI=1S/C26H32N2O4/c1-5-7-17-31-22-14-10-21(11-15-22)25(29)28-24(26(30)27-16-6-2)18-20-8-12-23(13-9-20)32-19(3)4/h6,8-15,18-19H,2,5,7,16-17H2,1,3-4H3,(H,27,30)(H,28,29). The number of rotatable bonds is 12. The molecule has 2 aromatic carbocycles. The quantitative estimate of drug-likeness (QED) is 0.287. The predicted octanol–water partition coefficient (Wildman–Crippen LogP) is 4.73. The van der Waals surface area contributed by atoms with Crippen LogP contribution in [0.3, 0.4) is 0 Å². The van der Waals surface area contributed by atoms with Crippen molar-refractivity contribution in [2.45, 2.75) is 39.7 Å². The molecule has 2 rings (SSSR count). The highest BCUT2D eigenvalue weighted by atomic mass is 16.5. The third-order valence-electron chi connectivity index (χ3n) is 4.35. The van der Waals surface area contributed by atoms with Crippen LogP contribution >= 0.6 is 0 Å². The van der Waals surface area contributed by atoms with Crippen LogP contribution in [0.5, 0.6) is 11.5 Å². The van der Waals surface area contributed by atoms with E-state index in [2.05, 4.69) is 24.1 Å². The molecule has 6 heteroatoms. The van der Waals surface area contributed by atoms with Crippen molar-refractivity contribution in [3.8, 4) is 11.5 Å². The molecule has 0 atom stereocenters. The lowest BCUT2D eigenvalue weighted by Crippen LogP contribution is -2.34. The van der Waals surface area contributed by atoms with Crippen LogP contribution in [0.15, 0.2) is 66.9 Å². The molecule has 170 valence electrons. The second kappa shape index (κ2) is 13.0. The first kappa shape index (κ1) is 24.7. The van der Waals surface area contributed by atoms with E-state index in [9.17, 15) is 9.59 Å². The molecular weight excluding hydrogens is 404 g/mol. The SMILES string of the molecule is C=CCNC(=O)C(=Cc1ccc(OC(C)C)cc1)NC(=O)c1ccc(OCCCC)cc1. The molecule has 0 aromatic heterocycles. The van der Waals surface area contributed by atoms with Gasteiger partial charge in [0.05, 0.1) is 12.7 Å². The molecule has 0 bridgehead atoms. The van der Waals surface area contributed by atoms with Crippen molar-refractivity contribution in [1.82, 2.24) is 10.6 Å². The molecule has 2 amide bonds. The normalized spacial score (nSPS) is 11.1. The summed E-state index contributed by atoms with van der Waals surface area (Å²) in [4.78, 5) is 25.4. The van der Waals surface area contributed by atoms with Gasteiger partial charge in [0.1, 0.15) is 17.2 Å². The molecule has 0 saturated heterocycles. The van der Waals surface area contributed by atoms with Crippen LogP contribution in [-0.4, -0.2) is 31.1 Å². The Morgan fingerprint density at radius 1 is 1.03 bits per heavy atom. The van der Waals surface area contributed by atoms with E-state index in [1.165, 1.54) is 0 Å². The van der Waals surface area contributed by atoms with Crippen molar-refractivity contribution in [2.24, 2.45) is 0 Å². The van der Waals surface area contributed by atoms with Gasteiger partial charge in [-0.25, -0.2) is 0 Å². The van der Waals surface area contributed by atoms with E-state index in [4.69, 9.17) is 9.47 Å². The minimum absolute atomic E-state index is 0.0688. The van der Waals surface area contributed by atoms with E-state index in [-0.39, 0.29) is 24.3 Å². The van der Waals surface area contributed by atoms with Gasteiger partial charge in [-0.2, -0.15) is 0 Å². The summed E-state index contributed by atoms with van der Waals surface area (Å²) in [6, 6.07) is 14.1. The van der Waals surface area contributed by atoms with E-state index in [1.54, 1.807) is 36.4 Å². The molecule has 6 nitrogen and oxygen atoms in total. The van der Waals surface area contributed by atoms with Crippen LogP contribution in [-0.2, 0) is 4.79 Å². The lowest BCUT2D eigenvalue weighted by Gasteiger charge is -2.12. The Balaban J connectivity index is 2.15. The average molecular weight is 437 g/mol. The first-order chi connectivity index (χ1) is 15.4. The molecule has 32 heavy (non-hydrogen) atoms. The molecule has 0 radical (unpaired) electrons. The van der Waals surface area contributed by atoms with Gasteiger partial charge in [0, 0.05) is 12.1 Å². The van der Waals surface area contributed by atoms with E-state index in [1.807, 2.05) is 38.1 Å². The fraction of sp³-hybridized carbons (Fsp3) is 0.308. The maximum atomic E-state index is 12.8. The van der Waals surface area contributed by atoms with E-state index in [0.29, 0.717) is 17.9 Å². The highest BCUT2D eigenvalue weighted by molar-refractivity contribution is 6.05. The van der Waals surface area contributed by atoms with Crippen molar-refractivity contribution in [2.75, 3.05) is 13.2 Å². The molecule has 0 unspecified atom stereocenters. The highest BCUT2D eigenvalue weighted by Gasteiger charge is 2.14. The molecule has 2 N–H and O–H groups in total. The third-order valence-corrected chi connectivity index (χ3v) is 4.35. The van der Waals surface area contributed by atoms with Crippen molar-refractivity contribution in [3.05, 3.63) is 78.0 Å². The van der Waals surface area contributed by atoms with Crippen molar-refractivity contribution in [3.63, 3.8) is 0 Å². The first-order valence-corrected chi connectivity index (χ1v) is 10.8. The Kier molecular flexibility index (Phi) is 10.0. The first-order valence-electron chi connectivity index (χ1n) is 10.8. The summed E-state index contributed by atoms with van der Waals surface area (Å²) in [6.45, 7) is 10.5. The van der Waals surface area contributed by atoms with E-state index >= 15 is 0 Å². The van der Waals surface area contributed by atoms with Crippen molar-refractivity contribution >= 4 is 17.9 Å². The summed E-state index contributed by atoms with van der Waals surface area (Å²) in [5.74, 6) is 0.656. The number of ether oxygens (including phenoxy) is 2. The van der Waals surface area contributed by atoms with Gasteiger partial charge in [-0.1, -0.05) is 31.6 Å². The lowest BCUT2D eigenvalue weighted by atomic mass is 10.1. The third kappa shape index (κ3) is 8.30. The van der Waals surface area contributed by atoms with E-state index in [0.717, 1.165) is 24.2 Å². The minimum atomic E-state index is -0.403. The molecule has 0 spiro atoms. The van der Waals surface area contributed by atoms with Crippen LogP contribution in [0.2, 0.25) is 0 Å². The summed E-state index contributed by atoms with van der Waals surface area (Å²) in [5.41, 5.74) is 1.32. The topological polar surface area (TPSA) is 76.7 Å². The number of hydrogen-bond acceptors (Lipinski definition) is 4. The predicted molar refractivity (Wildman–Crippen MR) is 128 cm³/mol. The molecule has 0 heterocycles. The van der Waals surface area contributed by atoms with Crippen LogP contribution in [0, 0.1) is 0 Å². The Morgan fingerprint density at radius 3 is 2.28 bits per heavy atom. The van der Waals surface area contributed by atoms with Crippen LogP contribution < -0.4 is 20.1 Å². The highest BCUT2D eigenvalue weighted by Crippen LogP contribution is 2.17. The number of benzene rings is 2. The molecule has 0 saturated carbocycles. The van der Waals surface area contributed by atoms with Gasteiger partial charge in [0.25, 0.3) is 11.8 Å². The van der Waals surface area contributed by atoms with Gasteiger partial charge in [-0.15, -0.1) is 6.58 Å². The zero-order valence-electron chi connectivity index (χ0n) is 19.0. The van der Waals surface area contributed by atoms with Gasteiger partial charge in [0.15, 0.2) is 0 Å². The fourth-order valence-corrected chi connectivity index (χ4v) is 2.73. The van der Waals surface area contributed by atoms with Gasteiger partial charge in [-0.05, 0) is 68.3 Å². The molecular formula is C26H32N2O4. The van der Waals surface area contributed by atoms with Crippen LogP contribution in [0.4, 0.5) is 0 Å². The van der Waals surface area contributed by atoms with Gasteiger partial charge in [0.2, 0.25) is 0 Å². The lowest BCUT2D eigenvalue weighted by molar-refractivity contribution is -0.117. The molecule has 0 aliphatic carbocycles. The second-order valence-electron chi connectivity index (χ2n) is 7.47. The number of nitrogens with one attached hydrogen (secondary N) is 2. The number of carbonyl (C=O) groups is 2. The van der Waals surface area contributed by atoms with Crippen LogP contribution in [0.25, 0.3) is 6.08 Å². The zero-order valence-corrected chi connectivity index (χ0v) is 19.0. The fourth-order valence-electron chi connectivity index (χ4n) is 2.73. The molecule has 0 aliphatic heterocycles. The monoisotopic (exact) mass is 436 g/mol. The Labute approximate surface area is 190 Å². The minimum Gasteiger partial charge on any atom is -0.494 e. The molecule has 2 aromatic rings. The van der Waals surface area contributed by atoms with Crippen molar-refractivity contribution in [1.29, 1.82) is 0 Å². The summed E-state index contributed by atoms with van der Waals surface area (Å²) >= 11 is 0. The van der Waals surface area contributed by atoms with Gasteiger partial charge < -0.3 is 20.1 Å². The van der Waals surface area contributed by atoms with Crippen LogP contribution in [0.1, 0.15) is 49.5 Å². The maximum absolute atomic E-state index is 12.8. The largest absolute Gasteiger partial charge is 0.494 e. The average Bonchev–Trinajstić information content (AvgIpc) is 2.78. The smallest absolute Gasteiger partial charge is 0.268 e. The number of carbonyl (C=O) groups excluding carboxylic acids is 2. The summed E-state index contributed by atoms with van der Waals surface area (Å²) in [5, 5.41) is 5.41. The number of unbranched alkanes of at least 4 members (excludes halogenated alkanes) is 1. The summed E-state index contributed by atoms with van der Waals surface area (Å²) < 4.78 is 11.3. The number of amides is 2. The Hall–Kier alpha value is -3.54. The Bertz CT molecular complexity index is 916. The summed E-state index contributed by atoms with van der Waals surface area (Å²) in [7, 11) is 0. The molecule has 0 fully saturated rings. The number of hydrogen-bond donors (Lipinski definition) is 2. The zero-order chi connectivity index (χ0) is 23.3. The second-order valence-corrected chi connectivity index (χ2v) is 7.47. The van der Waals surface area contributed by atoms with E-state index < -0.39 is 5.91 Å². The van der Waals surface area contributed by atoms with Crippen molar-refractivity contribution < 1.29 is 19.1 Å².